The maximum Gasteiger partial charge on any atom is 0.136 e. The second-order valence-electron chi connectivity index (χ2n) is 5.22. The molecule has 4 nitrogen and oxygen atoms in total. The molecule has 0 aromatic carbocycles. The number of hydrogen-bond acceptors (Lipinski definition) is 5. The lowest BCUT2D eigenvalue weighted by Gasteiger charge is -2.16. The smallest absolute Gasteiger partial charge is 0.136 e. The number of thiophene rings is 1. The fourth-order valence-electron chi connectivity index (χ4n) is 2.05. The maximum atomic E-state index is 6.00. The zero-order valence-corrected chi connectivity index (χ0v) is 13.1. The van der Waals surface area contributed by atoms with E-state index in [1.165, 1.54) is 4.88 Å². The molecule has 3 N–H and O–H groups in total. The normalized spacial score (nSPS) is 16.1. The van der Waals surface area contributed by atoms with Gasteiger partial charge in [-0.05, 0) is 38.8 Å². The molecule has 1 atom stereocenters. The Labute approximate surface area is 127 Å². The Morgan fingerprint density at radius 2 is 2.15 bits per heavy atom. The number of nitrogens with one attached hydrogen (secondary N) is 1. The van der Waals surface area contributed by atoms with Crippen molar-refractivity contribution in [3.63, 3.8) is 0 Å². The van der Waals surface area contributed by atoms with Crippen molar-refractivity contribution in [2.75, 3.05) is 11.1 Å². The number of nitrogens with two attached hydrogens (primary N) is 1. The fourth-order valence-corrected chi connectivity index (χ4v) is 3.12. The Bertz CT molecular complexity index is 636. The van der Waals surface area contributed by atoms with Gasteiger partial charge < -0.3 is 11.1 Å². The molecule has 3 rings (SSSR count). The van der Waals surface area contributed by atoms with Gasteiger partial charge in [0, 0.05) is 16.4 Å². The second kappa shape index (κ2) is 5.22. The zero-order chi connectivity index (χ0) is 14.3. The van der Waals surface area contributed by atoms with E-state index in [0.717, 1.165) is 34.4 Å². The quantitative estimate of drug-likeness (QED) is 0.891. The van der Waals surface area contributed by atoms with Crippen molar-refractivity contribution in [3.8, 4) is 0 Å². The molecule has 6 heteroatoms. The first-order valence-electron chi connectivity index (χ1n) is 6.70. The summed E-state index contributed by atoms with van der Waals surface area (Å²) in [7, 11) is 0. The third-order valence-corrected chi connectivity index (χ3v) is 4.93. The van der Waals surface area contributed by atoms with E-state index in [0.29, 0.717) is 11.7 Å². The van der Waals surface area contributed by atoms with Gasteiger partial charge in [-0.25, -0.2) is 9.97 Å². The van der Waals surface area contributed by atoms with E-state index in [1.54, 1.807) is 11.3 Å². The fraction of sp³-hybridized carbons (Fsp3) is 0.429. The molecule has 2 heterocycles. The average Bonchev–Trinajstić information content (AvgIpc) is 3.16. The molecule has 2 aromatic rings. The van der Waals surface area contributed by atoms with Crippen LogP contribution < -0.4 is 11.1 Å². The molecule has 1 unspecified atom stereocenters. The van der Waals surface area contributed by atoms with Gasteiger partial charge in [-0.3, -0.25) is 0 Å². The molecule has 106 valence electrons. The highest BCUT2D eigenvalue weighted by molar-refractivity contribution is 7.16. The molecule has 1 saturated carbocycles. The van der Waals surface area contributed by atoms with Crippen molar-refractivity contribution in [1.82, 2.24) is 9.97 Å². The van der Waals surface area contributed by atoms with E-state index < -0.39 is 0 Å². The van der Waals surface area contributed by atoms with Crippen LogP contribution in [0.4, 0.5) is 11.6 Å². The Morgan fingerprint density at radius 3 is 2.75 bits per heavy atom. The summed E-state index contributed by atoms with van der Waals surface area (Å²) < 4.78 is 0.797. The molecule has 1 fully saturated rings. The van der Waals surface area contributed by atoms with Gasteiger partial charge >= 0.3 is 0 Å². The summed E-state index contributed by atoms with van der Waals surface area (Å²) in [6.07, 6.45) is 2.33. The first-order chi connectivity index (χ1) is 9.54. The van der Waals surface area contributed by atoms with E-state index >= 15 is 0 Å². The van der Waals surface area contributed by atoms with Gasteiger partial charge in [0.15, 0.2) is 0 Å². The van der Waals surface area contributed by atoms with Crippen LogP contribution in [0.5, 0.6) is 0 Å². The van der Waals surface area contributed by atoms with Crippen LogP contribution in [0.2, 0.25) is 4.34 Å². The van der Waals surface area contributed by atoms with Crippen molar-refractivity contribution < 1.29 is 0 Å². The molecule has 1 aliphatic rings. The van der Waals surface area contributed by atoms with Crippen molar-refractivity contribution in [2.45, 2.75) is 38.6 Å². The first kappa shape index (κ1) is 13.6. The molecule has 0 aliphatic heterocycles. The Kier molecular flexibility index (Phi) is 3.56. The third kappa shape index (κ3) is 2.74. The van der Waals surface area contributed by atoms with E-state index in [4.69, 9.17) is 17.3 Å². The Hall–Kier alpha value is -1.33. The summed E-state index contributed by atoms with van der Waals surface area (Å²) in [6, 6.07) is 4.09. The summed E-state index contributed by atoms with van der Waals surface area (Å²) in [5.41, 5.74) is 6.90. The van der Waals surface area contributed by atoms with E-state index in [9.17, 15) is 0 Å². The molecular weight excluding hydrogens is 292 g/mol. The van der Waals surface area contributed by atoms with Crippen molar-refractivity contribution in [2.24, 2.45) is 0 Å². The molecule has 2 aromatic heterocycles. The monoisotopic (exact) mass is 308 g/mol. The van der Waals surface area contributed by atoms with Crippen LogP contribution in [0, 0.1) is 6.92 Å². The number of aromatic nitrogens is 2. The highest BCUT2D eigenvalue weighted by Crippen LogP contribution is 2.39. The molecule has 20 heavy (non-hydrogen) atoms. The van der Waals surface area contributed by atoms with Gasteiger partial charge in [0.1, 0.15) is 17.5 Å². The van der Waals surface area contributed by atoms with E-state index in [-0.39, 0.29) is 6.04 Å². The van der Waals surface area contributed by atoms with Crippen LogP contribution >= 0.6 is 22.9 Å². The van der Waals surface area contributed by atoms with Crippen molar-refractivity contribution in [1.29, 1.82) is 0 Å². The molecular formula is C14H17ClN4S. The minimum absolute atomic E-state index is 0.146. The molecule has 0 radical (unpaired) electrons. The van der Waals surface area contributed by atoms with Gasteiger partial charge in [-0.15, -0.1) is 11.3 Å². The van der Waals surface area contributed by atoms with Crippen LogP contribution in [0.1, 0.15) is 48.0 Å². The molecule has 0 spiro atoms. The highest BCUT2D eigenvalue weighted by atomic mass is 35.5. The minimum Gasteiger partial charge on any atom is -0.383 e. The zero-order valence-electron chi connectivity index (χ0n) is 11.5. The van der Waals surface area contributed by atoms with Gasteiger partial charge in [0.25, 0.3) is 0 Å². The predicted molar refractivity (Wildman–Crippen MR) is 84.5 cm³/mol. The highest BCUT2D eigenvalue weighted by Gasteiger charge is 2.28. The van der Waals surface area contributed by atoms with Crippen LogP contribution in [0.25, 0.3) is 0 Å². The lowest BCUT2D eigenvalue weighted by Crippen LogP contribution is -2.12. The minimum atomic E-state index is 0.146. The molecule has 1 aliphatic carbocycles. The lowest BCUT2D eigenvalue weighted by molar-refractivity contribution is 0.864. The van der Waals surface area contributed by atoms with Crippen LogP contribution in [-0.4, -0.2) is 9.97 Å². The van der Waals surface area contributed by atoms with Crippen LogP contribution in [-0.2, 0) is 0 Å². The summed E-state index contributed by atoms with van der Waals surface area (Å²) >= 11 is 7.56. The number of halogens is 1. The predicted octanol–water partition coefficient (Wildman–Crippen LogP) is 4.13. The van der Waals surface area contributed by atoms with Gasteiger partial charge in [0.2, 0.25) is 0 Å². The standard InChI is InChI=1S/C14H17ClN4S/c1-7-12(16)18-14(9-3-4-9)19-13(7)17-8(2)10-5-6-11(15)20-10/h5-6,8-9H,3-4H2,1-2H3,(H3,16,17,18,19). The number of rotatable bonds is 4. The number of nitrogen functional groups attached to an aromatic ring is 1. The van der Waals surface area contributed by atoms with Crippen LogP contribution in [0.3, 0.4) is 0 Å². The van der Waals surface area contributed by atoms with Crippen molar-refractivity contribution in [3.05, 3.63) is 32.7 Å². The average molecular weight is 309 g/mol. The Balaban J connectivity index is 1.85. The SMILES string of the molecule is Cc1c(N)nc(C2CC2)nc1NC(C)c1ccc(Cl)s1. The molecule has 0 bridgehead atoms. The van der Waals surface area contributed by atoms with E-state index in [2.05, 4.69) is 22.2 Å². The van der Waals surface area contributed by atoms with Gasteiger partial charge in [0.05, 0.1) is 10.4 Å². The molecule has 0 amide bonds. The largest absolute Gasteiger partial charge is 0.383 e. The van der Waals surface area contributed by atoms with Crippen molar-refractivity contribution >= 4 is 34.6 Å². The summed E-state index contributed by atoms with van der Waals surface area (Å²) in [5, 5.41) is 3.42. The topological polar surface area (TPSA) is 63.8 Å². The Morgan fingerprint density at radius 1 is 1.40 bits per heavy atom. The number of anilines is 2. The van der Waals surface area contributed by atoms with Gasteiger partial charge in [-0.1, -0.05) is 11.6 Å². The lowest BCUT2D eigenvalue weighted by atomic mass is 10.2. The summed E-state index contributed by atoms with van der Waals surface area (Å²) in [6.45, 7) is 4.04. The van der Waals surface area contributed by atoms with E-state index in [1.807, 2.05) is 19.1 Å². The summed E-state index contributed by atoms with van der Waals surface area (Å²) in [5.74, 6) is 2.76. The maximum absolute atomic E-state index is 6.00. The number of nitrogens with zero attached hydrogens (tertiary/aromatic N) is 2. The summed E-state index contributed by atoms with van der Waals surface area (Å²) in [4.78, 5) is 10.2. The van der Waals surface area contributed by atoms with Gasteiger partial charge in [-0.2, -0.15) is 0 Å². The first-order valence-corrected chi connectivity index (χ1v) is 7.90. The second-order valence-corrected chi connectivity index (χ2v) is 6.97. The van der Waals surface area contributed by atoms with Crippen LogP contribution in [0.15, 0.2) is 12.1 Å². The number of hydrogen-bond donors (Lipinski definition) is 2. The molecule has 0 saturated heterocycles. The third-order valence-electron chi connectivity index (χ3n) is 3.52.